The first-order valence-corrected chi connectivity index (χ1v) is 11.9. The molecule has 0 unspecified atom stereocenters. The Morgan fingerprint density at radius 1 is 1.21 bits per heavy atom. The molecule has 2 heterocycles. The van der Waals surface area contributed by atoms with E-state index in [-0.39, 0.29) is 6.42 Å². The van der Waals surface area contributed by atoms with Crippen molar-refractivity contribution in [2.45, 2.75) is 45.5 Å². The number of anilines is 1. The standard InChI is InChI=1S/C22H26FN5O4S/c1-13(2)33(30,31)26-18-9-10-19(24-14(18)3)22-20(28(5)27-25-22)12-21(29)32-15(4)16-7-6-8-17(23)11-16/h6-11,13,15,26H,12H2,1-5H3/t15-/m1/s1. The number of aromatic nitrogens is 4. The molecule has 0 saturated heterocycles. The Labute approximate surface area is 192 Å². The molecular weight excluding hydrogens is 449 g/mol. The Kier molecular flexibility index (Phi) is 7.11. The quantitative estimate of drug-likeness (QED) is 0.497. The van der Waals surface area contributed by atoms with E-state index < -0.39 is 33.2 Å². The largest absolute Gasteiger partial charge is 0.457 e. The maximum atomic E-state index is 13.4. The van der Waals surface area contributed by atoms with Crippen molar-refractivity contribution in [3.8, 4) is 11.4 Å². The van der Waals surface area contributed by atoms with E-state index in [0.717, 1.165) is 0 Å². The minimum Gasteiger partial charge on any atom is -0.457 e. The molecular formula is C22H26FN5O4S. The van der Waals surface area contributed by atoms with E-state index in [1.165, 1.54) is 16.8 Å². The molecule has 1 atom stereocenters. The van der Waals surface area contributed by atoms with Crippen molar-refractivity contribution < 1.29 is 22.3 Å². The molecule has 33 heavy (non-hydrogen) atoms. The van der Waals surface area contributed by atoms with Crippen molar-refractivity contribution in [2.24, 2.45) is 7.05 Å². The van der Waals surface area contributed by atoms with Crippen LogP contribution in [0.25, 0.3) is 11.4 Å². The van der Waals surface area contributed by atoms with Crippen LogP contribution in [0.15, 0.2) is 36.4 Å². The van der Waals surface area contributed by atoms with E-state index in [4.69, 9.17) is 4.74 Å². The molecule has 176 valence electrons. The minimum atomic E-state index is -3.52. The first kappa shape index (κ1) is 24.3. The highest BCUT2D eigenvalue weighted by atomic mass is 32.2. The number of nitrogens with one attached hydrogen (secondary N) is 1. The molecule has 0 aliphatic carbocycles. The van der Waals surface area contributed by atoms with Gasteiger partial charge in [-0.15, -0.1) is 5.10 Å². The summed E-state index contributed by atoms with van der Waals surface area (Å²) in [5.74, 6) is -0.939. The Hall–Kier alpha value is -3.34. The smallest absolute Gasteiger partial charge is 0.312 e. The summed E-state index contributed by atoms with van der Waals surface area (Å²) in [7, 11) is -1.87. The van der Waals surface area contributed by atoms with Gasteiger partial charge < -0.3 is 4.74 Å². The van der Waals surface area contributed by atoms with Crippen LogP contribution < -0.4 is 4.72 Å². The summed E-state index contributed by atoms with van der Waals surface area (Å²) < 4.78 is 47.2. The number of rotatable bonds is 8. The first-order valence-electron chi connectivity index (χ1n) is 10.3. The van der Waals surface area contributed by atoms with Crippen molar-refractivity contribution in [3.63, 3.8) is 0 Å². The van der Waals surface area contributed by atoms with E-state index in [0.29, 0.717) is 34.0 Å². The Morgan fingerprint density at radius 2 is 1.94 bits per heavy atom. The number of ether oxygens (including phenoxy) is 1. The molecule has 1 N–H and O–H groups in total. The molecule has 0 radical (unpaired) electrons. The number of esters is 1. The van der Waals surface area contributed by atoms with Crippen molar-refractivity contribution in [1.82, 2.24) is 20.0 Å². The number of sulfonamides is 1. The van der Waals surface area contributed by atoms with Crippen LogP contribution in [0.5, 0.6) is 0 Å². The van der Waals surface area contributed by atoms with Gasteiger partial charge in [0, 0.05) is 7.05 Å². The van der Waals surface area contributed by atoms with Gasteiger partial charge in [0.2, 0.25) is 10.0 Å². The SMILES string of the molecule is Cc1nc(-c2nnn(C)c2CC(=O)O[C@H](C)c2cccc(F)c2)ccc1NS(=O)(=O)C(C)C. The predicted octanol–water partition coefficient (Wildman–Crippen LogP) is 3.32. The van der Waals surface area contributed by atoms with Gasteiger partial charge in [-0.1, -0.05) is 17.3 Å². The summed E-state index contributed by atoms with van der Waals surface area (Å²) in [5, 5.41) is 7.51. The summed E-state index contributed by atoms with van der Waals surface area (Å²) >= 11 is 0. The average molecular weight is 476 g/mol. The number of aryl methyl sites for hydroxylation is 2. The number of carbonyl (C=O) groups is 1. The Balaban J connectivity index is 1.79. The fourth-order valence-corrected chi connectivity index (χ4v) is 3.81. The topological polar surface area (TPSA) is 116 Å². The maximum absolute atomic E-state index is 13.4. The Bertz CT molecular complexity index is 1270. The third-order valence-electron chi connectivity index (χ3n) is 5.08. The van der Waals surface area contributed by atoms with E-state index in [2.05, 4.69) is 20.0 Å². The lowest BCUT2D eigenvalue weighted by Gasteiger charge is -2.14. The normalized spacial score (nSPS) is 12.6. The molecule has 0 saturated carbocycles. The van der Waals surface area contributed by atoms with Crippen molar-refractivity contribution in [1.29, 1.82) is 0 Å². The van der Waals surface area contributed by atoms with Gasteiger partial charge in [0.25, 0.3) is 0 Å². The summed E-state index contributed by atoms with van der Waals surface area (Å²) in [5.41, 5.74) is 2.66. The van der Waals surface area contributed by atoms with Gasteiger partial charge >= 0.3 is 5.97 Å². The fourth-order valence-electron chi connectivity index (χ4n) is 3.05. The van der Waals surface area contributed by atoms with Gasteiger partial charge in [0.05, 0.1) is 34.4 Å². The highest BCUT2D eigenvalue weighted by Crippen LogP contribution is 2.25. The molecule has 0 aliphatic rings. The van der Waals surface area contributed by atoms with E-state index in [1.54, 1.807) is 59.0 Å². The molecule has 1 aromatic carbocycles. The van der Waals surface area contributed by atoms with Crippen molar-refractivity contribution in [3.05, 3.63) is 59.2 Å². The van der Waals surface area contributed by atoms with E-state index >= 15 is 0 Å². The van der Waals surface area contributed by atoms with Gasteiger partial charge in [-0.3, -0.25) is 14.2 Å². The van der Waals surface area contributed by atoms with Gasteiger partial charge in [-0.25, -0.2) is 17.8 Å². The zero-order valence-electron chi connectivity index (χ0n) is 19.0. The second-order valence-corrected chi connectivity index (χ2v) is 10.1. The van der Waals surface area contributed by atoms with Crippen LogP contribution in [0.4, 0.5) is 10.1 Å². The molecule has 0 aliphatic heterocycles. The van der Waals surface area contributed by atoms with Gasteiger partial charge in [0.1, 0.15) is 17.6 Å². The minimum absolute atomic E-state index is 0.124. The zero-order valence-corrected chi connectivity index (χ0v) is 19.9. The van der Waals surface area contributed by atoms with E-state index in [1.807, 2.05) is 0 Å². The summed E-state index contributed by atoms with van der Waals surface area (Å²) in [6, 6.07) is 9.08. The maximum Gasteiger partial charge on any atom is 0.312 e. The summed E-state index contributed by atoms with van der Waals surface area (Å²) in [4.78, 5) is 17.0. The monoisotopic (exact) mass is 475 g/mol. The predicted molar refractivity (Wildman–Crippen MR) is 121 cm³/mol. The van der Waals surface area contributed by atoms with Crippen molar-refractivity contribution >= 4 is 21.7 Å². The van der Waals surface area contributed by atoms with Crippen LogP contribution in [0.2, 0.25) is 0 Å². The number of pyridine rings is 1. The second kappa shape index (κ2) is 9.65. The molecule has 3 aromatic rings. The van der Waals surface area contributed by atoms with Crippen LogP contribution in [0, 0.1) is 12.7 Å². The number of carbonyl (C=O) groups excluding carboxylic acids is 1. The average Bonchev–Trinajstić information content (AvgIpc) is 3.09. The van der Waals surface area contributed by atoms with Crippen molar-refractivity contribution in [2.75, 3.05) is 4.72 Å². The van der Waals surface area contributed by atoms with Gasteiger partial charge in [-0.2, -0.15) is 0 Å². The lowest BCUT2D eigenvalue weighted by atomic mass is 10.1. The fraction of sp³-hybridized carbons (Fsp3) is 0.364. The van der Waals surface area contributed by atoms with Crippen LogP contribution in [0.3, 0.4) is 0 Å². The Morgan fingerprint density at radius 3 is 2.58 bits per heavy atom. The van der Waals surface area contributed by atoms with Crippen LogP contribution in [-0.2, 0) is 33.0 Å². The lowest BCUT2D eigenvalue weighted by molar-refractivity contribution is -0.147. The number of hydrogen-bond acceptors (Lipinski definition) is 7. The second-order valence-electron chi connectivity index (χ2n) is 7.90. The lowest BCUT2D eigenvalue weighted by Crippen LogP contribution is -2.23. The highest BCUT2D eigenvalue weighted by molar-refractivity contribution is 7.93. The molecule has 11 heteroatoms. The van der Waals surface area contributed by atoms with Crippen LogP contribution in [0.1, 0.15) is 43.8 Å². The molecule has 3 rings (SSSR count). The van der Waals surface area contributed by atoms with Gasteiger partial charge in [0.15, 0.2) is 0 Å². The molecule has 0 spiro atoms. The highest BCUT2D eigenvalue weighted by Gasteiger charge is 2.22. The molecule has 2 aromatic heterocycles. The number of hydrogen-bond donors (Lipinski definition) is 1. The number of benzene rings is 1. The summed E-state index contributed by atoms with van der Waals surface area (Å²) in [6.45, 7) is 6.50. The van der Waals surface area contributed by atoms with Gasteiger partial charge in [-0.05, 0) is 57.5 Å². The van der Waals surface area contributed by atoms with Crippen LogP contribution in [-0.4, -0.2) is 39.6 Å². The molecule has 0 amide bonds. The third-order valence-corrected chi connectivity index (χ3v) is 6.83. The molecule has 0 bridgehead atoms. The number of nitrogens with zero attached hydrogens (tertiary/aromatic N) is 4. The zero-order chi connectivity index (χ0) is 24.3. The van der Waals surface area contributed by atoms with Crippen LogP contribution >= 0.6 is 0 Å². The summed E-state index contributed by atoms with van der Waals surface area (Å²) in [6.07, 6.45) is -0.757. The first-order chi connectivity index (χ1) is 15.5. The number of halogens is 1. The van der Waals surface area contributed by atoms with E-state index in [9.17, 15) is 17.6 Å². The third kappa shape index (κ3) is 5.72. The molecule has 9 nitrogen and oxygen atoms in total. The molecule has 0 fully saturated rings.